The predicted molar refractivity (Wildman–Crippen MR) is 79.3 cm³/mol. The quantitative estimate of drug-likeness (QED) is 0.842. The third kappa shape index (κ3) is 4.11. The Labute approximate surface area is 124 Å². The Morgan fingerprint density at radius 3 is 2.52 bits per heavy atom. The maximum atomic E-state index is 12.1. The molecule has 2 N–H and O–H groups in total. The molecule has 1 rings (SSSR count). The highest BCUT2D eigenvalue weighted by molar-refractivity contribution is 5.85. The van der Waals surface area contributed by atoms with Gasteiger partial charge in [-0.1, -0.05) is 25.1 Å². The minimum absolute atomic E-state index is 0.302. The minimum Gasteiger partial charge on any atom is -0.496 e. The van der Waals surface area contributed by atoms with Crippen LogP contribution in [0.2, 0.25) is 0 Å². The van der Waals surface area contributed by atoms with Crippen molar-refractivity contribution in [2.24, 2.45) is 0 Å². The van der Waals surface area contributed by atoms with Gasteiger partial charge in [0.05, 0.1) is 13.7 Å². The lowest BCUT2D eigenvalue weighted by Crippen LogP contribution is -2.54. The van der Waals surface area contributed by atoms with Crippen molar-refractivity contribution < 1.29 is 19.4 Å². The van der Waals surface area contributed by atoms with Gasteiger partial charge in [-0.15, -0.1) is 0 Å². The Kier molecular flexibility index (Phi) is 5.58. The van der Waals surface area contributed by atoms with Crippen LogP contribution >= 0.6 is 0 Å². The van der Waals surface area contributed by atoms with Crippen LogP contribution in [0.1, 0.15) is 25.8 Å². The zero-order chi connectivity index (χ0) is 16.0. The third-order valence-electron chi connectivity index (χ3n) is 3.51. The van der Waals surface area contributed by atoms with Crippen molar-refractivity contribution in [3.05, 3.63) is 29.8 Å². The molecule has 1 atom stereocenters. The number of urea groups is 1. The molecular formula is C15H22N2O4. The molecule has 0 radical (unpaired) electrons. The summed E-state index contributed by atoms with van der Waals surface area (Å²) >= 11 is 0. The predicted octanol–water partition coefficient (Wildman–Crippen LogP) is 2.09. The van der Waals surface area contributed by atoms with Gasteiger partial charge in [-0.2, -0.15) is 0 Å². The fourth-order valence-corrected chi connectivity index (χ4v) is 1.79. The molecule has 0 aliphatic carbocycles. The third-order valence-corrected chi connectivity index (χ3v) is 3.51. The average molecular weight is 294 g/mol. The van der Waals surface area contributed by atoms with Gasteiger partial charge in [0.15, 0.2) is 0 Å². The Morgan fingerprint density at radius 1 is 1.38 bits per heavy atom. The van der Waals surface area contributed by atoms with E-state index in [1.807, 2.05) is 24.3 Å². The Hall–Kier alpha value is -2.24. The van der Waals surface area contributed by atoms with Crippen molar-refractivity contribution in [2.45, 2.75) is 32.4 Å². The minimum atomic E-state index is -1.27. The average Bonchev–Trinajstić information content (AvgIpc) is 2.47. The number of rotatable bonds is 6. The van der Waals surface area contributed by atoms with E-state index in [0.29, 0.717) is 18.7 Å². The summed E-state index contributed by atoms with van der Waals surface area (Å²) in [6.07, 6.45) is 0.302. The van der Waals surface area contributed by atoms with E-state index in [2.05, 4.69) is 5.32 Å². The smallest absolute Gasteiger partial charge is 0.329 e. The van der Waals surface area contributed by atoms with Crippen LogP contribution < -0.4 is 10.1 Å². The first kappa shape index (κ1) is 16.8. The number of carbonyl (C=O) groups is 2. The number of ether oxygens (including phenoxy) is 1. The van der Waals surface area contributed by atoms with Crippen LogP contribution in [0.5, 0.6) is 5.75 Å². The molecule has 2 amide bonds. The van der Waals surface area contributed by atoms with Crippen molar-refractivity contribution >= 4 is 12.0 Å². The van der Waals surface area contributed by atoms with Crippen LogP contribution in [0.15, 0.2) is 24.3 Å². The van der Waals surface area contributed by atoms with Gasteiger partial charge in [-0.05, 0) is 19.4 Å². The molecule has 6 nitrogen and oxygen atoms in total. The molecule has 0 heterocycles. The second kappa shape index (κ2) is 6.97. The zero-order valence-electron chi connectivity index (χ0n) is 12.8. The summed E-state index contributed by atoms with van der Waals surface area (Å²) in [5, 5.41) is 11.7. The van der Waals surface area contributed by atoms with E-state index in [1.54, 1.807) is 21.1 Å². The molecule has 21 heavy (non-hydrogen) atoms. The molecule has 0 aliphatic heterocycles. The van der Waals surface area contributed by atoms with E-state index in [1.165, 1.54) is 11.8 Å². The fraction of sp³-hybridized carbons (Fsp3) is 0.467. The molecule has 0 fully saturated rings. The Morgan fingerprint density at radius 2 is 2.00 bits per heavy atom. The van der Waals surface area contributed by atoms with Crippen LogP contribution in [0.3, 0.4) is 0 Å². The Balaban J connectivity index is 2.77. The summed E-state index contributed by atoms with van der Waals surface area (Å²) in [5.74, 6) is -0.363. The van der Waals surface area contributed by atoms with Gasteiger partial charge in [-0.25, -0.2) is 9.59 Å². The number of carboxylic acid groups (broad SMARTS) is 1. The van der Waals surface area contributed by atoms with Gasteiger partial charge in [-0.3, -0.25) is 0 Å². The van der Waals surface area contributed by atoms with Crippen LogP contribution in [0.4, 0.5) is 4.79 Å². The molecule has 116 valence electrons. The normalized spacial score (nSPS) is 13.1. The van der Waals surface area contributed by atoms with Crippen LogP contribution in [-0.2, 0) is 11.3 Å². The first-order chi connectivity index (χ1) is 9.84. The van der Waals surface area contributed by atoms with Gasteiger partial charge in [0.1, 0.15) is 11.3 Å². The molecule has 0 bridgehead atoms. The molecule has 0 aliphatic rings. The molecule has 1 aromatic carbocycles. The van der Waals surface area contributed by atoms with Crippen molar-refractivity contribution in [3.8, 4) is 5.75 Å². The SMILES string of the molecule is CCC(C)(NC(=O)N(C)Cc1ccccc1OC)C(=O)O. The van der Waals surface area contributed by atoms with Crippen LogP contribution in [0, 0.1) is 0 Å². The molecule has 0 aromatic heterocycles. The number of para-hydroxylation sites is 1. The largest absolute Gasteiger partial charge is 0.496 e. The van der Waals surface area contributed by atoms with E-state index >= 15 is 0 Å². The number of carboxylic acids is 1. The van der Waals surface area contributed by atoms with Crippen molar-refractivity contribution in [3.63, 3.8) is 0 Å². The molecule has 1 unspecified atom stereocenters. The highest BCUT2D eigenvalue weighted by Crippen LogP contribution is 2.19. The second-order valence-electron chi connectivity index (χ2n) is 5.09. The first-order valence-electron chi connectivity index (χ1n) is 6.72. The summed E-state index contributed by atoms with van der Waals surface area (Å²) in [6.45, 7) is 3.54. The summed E-state index contributed by atoms with van der Waals surface area (Å²) < 4.78 is 5.23. The first-order valence-corrected chi connectivity index (χ1v) is 6.72. The highest BCUT2D eigenvalue weighted by Gasteiger charge is 2.33. The van der Waals surface area contributed by atoms with Gasteiger partial charge in [0, 0.05) is 12.6 Å². The topological polar surface area (TPSA) is 78.9 Å². The van der Waals surface area contributed by atoms with Crippen LogP contribution in [0.25, 0.3) is 0 Å². The maximum absolute atomic E-state index is 12.1. The summed E-state index contributed by atoms with van der Waals surface area (Å²) in [6, 6.07) is 6.94. The second-order valence-corrected chi connectivity index (χ2v) is 5.09. The lowest BCUT2D eigenvalue weighted by molar-refractivity contribution is -0.143. The number of methoxy groups -OCH3 is 1. The number of nitrogens with zero attached hydrogens (tertiary/aromatic N) is 1. The molecular weight excluding hydrogens is 272 g/mol. The number of aliphatic carboxylic acids is 1. The summed E-state index contributed by atoms with van der Waals surface area (Å²) in [5.41, 5.74) is -0.419. The molecule has 0 spiro atoms. The van der Waals surface area contributed by atoms with E-state index in [-0.39, 0.29) is 0 Å². The van der Waals surface area contributed by atoms with Gasteiger partial charge in [0.2, 0.25) is 0 Å². The number of amides is 2. The maximum Gasteiger partial charge on any atom is 0.329 e. The van der Waals surface area contributed by atoms with Crippen molar-refractivity contribution in [1.29, 1.82) is 0 Å². The van der Waals surface area contributed by atoms with E-state index in [9.17, 15) is 14.7 Å². The highest BCUT2D eigenvalue weighted by atomic mass is 16.5. The summed E-state index contributed by atoms with van der Waals surface area (Å²) in [4.78, 5) is 24.8. The number of carbonyl (C=O) groups excluding carboxylic acids is 1. The number of hydrogen-bond donors (Lipinski definition) is 2. The van der Waals surface area contributed by atoms with E-state index in [0.717, 1.165) is 5.56 Å². The molecule has 0 saturated carbocycles. The van der Waals surface area contributed by atoms with Crippen molar-refractivity contribution in [2.75, 3.05) is 14.2 Å². The number of hydrogen-bond acceptors (Lipinski definition) is 3. The molecule has 0 saturated heterocycles. The number of nitrogens with one attached hydrogen (secondary N) is 1. The standard InChI is InChI=1S/C15H22N2O4/c1-5-15(2,13(18)19)16-14(20)17(3)10-11-8-6-7-9-12(11)21-4/h6-9H,5,10H2,1-4H3,(H,16,20)(H,18,19). The summed E-state index contributed by atoms with van der Waals surface area (Å²) in [7, 11) is 3.18. The molecule has 6 heteroatoms. The van der Waals surface area contributed by atoms with Crippen molar-refractivity contribution in [1.82, 2.24) is 10.2 Å². The lowest BCUT2D eigenvalue weighted by Gasteiger charge is -2.28. The number of benzene rings is 1. The van der Waals surface area contributed by atoms with Gasteiger partial charge in [0.25, 0.3) is 0 Å². The van der Waals surface area contributed by atoms with Crippen LogP contribution in [-0.4, -0.2) is 41.7 Å². The van der Waals surface area contributed by atoms with E-state index in [4.69, 9.17) is 4.74 Å². The fourth-order valence-electron chi connectivity index (χ4n) is 1.79. The lowest BCUT2D eigenvalue weighted by atomic mass is 10.00. The molecule has 1 aromatic rings. The monoisotopic (exact) mass is 294 g/mol. The van der Waals surface area contributed by atoms with Gasteiger partial charge < -0.3 is 20.1 Å². The van der Waals surface area contributed by atoms with E-state index < -0.39 is 17.5 Å². The van der Waals surface area contributed by atoms with Gasteiger partial charge >= 0.3 is 12.0 Å². The Bertz CT molecular complexity index is 518. The zero-order valence-corrected chi connectivity index (χ0v) is 12.8.